The van der Waals surface area contributed by atoms with E-state index in [-0.39, 0.29) is 48.5 Å². The molecule has 2 saturated carbocycles. The highest BCUT2D eigenvalue weighted by Crippen LogP contribution is 2.63. The molecule has 2 saturated heterocycles. The van der Waals surface area contributed by atoms with Crippen LogP contribution < -0.4 is 5.32 Å². The number of esters is 3. The number of fused-ring (bicyclic) bond motifs is 5. The molecule has 18 heteroatoms. The second kappa shape index (κ2) is 28.9. The van der Waals surface area contributed by atoms with Crippen molar-refractivity contribution in [1.29, 1.82) is 0 Å². The molecule has 3 aromatic rings. The number of ketones is 1. The molecular formula is C67H87NO17. The van der Waals surface area contributed by atoms with E-state index in [1.54, 1.807) is 92.7 Å². The van der Waals surface area contributed by atoms with Crippen LogP contribution >= 0.6 is 0 Å². The van der Waals surface area contributed by atoms with Crippen LogP contribution in [0, 0.1) is 16.7 Å². The fraction of sp³-hybridized carbons (Fsp3) is 0.582. The van der Waals surface area contributed by atoms with Crippen LogP contribution in [0.25, 0.3) is 0 Å². The van der Waals surface area contributed by atoms with Gasteiger partial charge in [-0.15, -0.1) is 0 Å². The molecule has 0 spiro atoms. The highest BCUT2D eigenvalue weighted by atomic mass is 16.8. The third kappa shape index (κ3) is 14.6. The van der Waals surface area contributed by atoms with Crippen LogP contribution in [0.4, 0.5) is 4.79 Å². The maximum Gasteiger partial charge on any atom is 0.509 e. The molecule has 13 atom stereocenters. The van der Waals surface area contributed by atoms with Crippen LogP contribution in [0.5, 0.6) is 0 Å². The first-order valence-corrected chi connectivity index (χ1v) is 30.5. The summed E-state index contributed by atoms with van der Waals surface area (Å²) in [7, 11) is 0. The van der Waals surface area contributed by atoms with Crippen LogP contribution in [0.1, 0.15) is 177 Å². The van der Waals surface area contributed by atoms with Gasteiger partial charge in [-0.05, 0) is 93.3 Å². The second-order valence-corrected chi connectivity index (χ2v) is 24.3. The Labute approximate surface area is 499 Å². The van der Waals surface area contributed by atoms with E-state index in [0.717, 1.165) is 51.9 Å². The largest absolute Gasteiger partial charge is 0.509 e. The highest BCUT2D eigenvalue weighted by Gasteiger charge is 2.77. The topological polar surface area (TPSA) is 249 Å². The highest BCUT2D eigenvalue weighted by molar-refractivity contribution is 5.96. The molecule has 3 aromatic carbocycles. The molecule has 0 radical (unpaired) electrons. The zero-order valence-electron chi connectivity index (χ0n) is 50.1. The molecule has 462 valence electrons. The molecule has 5 aliphatic rings. The zero-order valence-corrected chi connectivity index (χ0v) is 50.1. The smallest absolute Gasteiger partial charge is 0.455 e. The maximum atomic E-state index is 15.6. The second-order valence-electron chi connectivity index (χ2n) is 24.3. The number of ether oxygens (including phenoxy) is 8. The lowest BCUT2D eigenvalue weighted by molar-refractivity contribution is -0.343. The van der Waals surface area contributed by atoms with E-state index < -0.39 is 125 Å². The lowest BCUT2D eigenvalue weighted by Crippen LogP contribution is -2.81. The Hall–Kier alpha value is -6.28. The molecule has 0 aromatic heterocycles. The Morgan fingerprint density at radius 3 is 1.98 bits per heavy atom. The monoisotopic (exact) mass is 1180 g/mol. The molecule has 2 heterocycles. The van der Waals surface area contributed by atoms with Gasteiger partial charge in [0, 0.05) is 36.7 Å². The van der Waals surface area contributed by atoms with E-state index in [1.807, 2.05) is 0 Å². The fourth-order valence-corrected chi connectivity index (χ4v) is 13.3. The minimum Gasteiger partial charge on any atom is -0.455 e. The molecule has 1 amide bonds. The maximum absolute atomic E-state index is 15.6. The van der Waals surface area contributed by atoms with Gasteiger partial charge in [0.2, 0.25) is 6.10 Å². The summed E-state index contributed by atoms with van der Waals surface area (Å²) in [6.45, 7) is 8.80. The van der Waals surface area contributed by atoms with Crippen LogP contribution in [-0.2, 0) is 52.3 Å². The van der Waals surface area contributed by atoms with Crippen molar-refractivity contribution in [2.75, 3.05) is 19.8 Å². The van der Waals surface area contributed by atoms with Crippen molar-refractivity contribution < 1.29 is 82.0 Å². The predicted molar refractivity (Wildman–Crippen MR) is 312 cm³/mol. The molecule has 18 nitrogen and oxygen atoms in total. The third-order valence-corrected chi connectivity index (χ3v) is 18.3. The van der Waals surface area contributed by atoms with Gasteiger partial charge in [-0.3, -0.25) is 14.4 Å². The normalized spacial score (nSPS) is 29.2. The van der Waals surface area contributed by atoms with Crippen molar-refractivity contribution in [3.8, 4) is 0 Å². The third-order valence-electron chi connectivity index (χ3n) is 18.3. The summed E-state index contributed by atoms with van der Waals surface area (Å²) in [6, 6.07) is 22.8. The van der Waals surface area contributed by atoms with E-state index in [0.29, 0.717) is 12.0 Å². The molecule has 0 unspecified atom stereocenters. The summed E-state index contributed by atoms with van der Waals surface area (Å²) in [4.78, 5) is 86.8. The van der Waals surface area contributed by atoms with Crippen molar-refractivity contribution in [3.05, 3.63) is 131 Å². The Morgan fingerprint density at radius 1 is 0.765 bits per heavy atom. The minimum atomic E-state index is -2.45. The molecule has 2 aliphatic heterocycles. The lowest BCUT2D eigenvalue weighted by atomic mass is 9.44. The first-order chi connectivity index (χ1) is 40.7. The van der Waals surface area contributed by atoms with Crippen molar-refractivity contribution in [1.82, 2.24) is 5.32 Å². The fourth-order valence-electron chi connectivity index (χ4n) is 13.3. The summed E-state index contributed by atoms with van der Waals surface area (Å²) in [6.07, 6.45) is 7.30. The molecule has 4 fully saturated rings. The number of unbranched alkanes of at least 4 members (excludes halogenated alkanes) is 11. The number of aliphatic hydroxyl groups excluding tert-OH is 1. The Morgan fingerprint density at radius 2 is 1.36 bits per heavy atom. The van der Waals surface area contributed by atoms with Gasteiger partial charge in [-0.25, -0.2) is 14.4 Å². The van der Waals surface area contributed by atoms with E-state index in [2.05, 4.69) is 24.4 Å². The number of Topliss-reactive ketones (excluding diaryl/α,β-unsaturated/α-hetero) is 1. The summed E-state index contributed by atoms with van der Waals surface area (Å²) in [5.74, 6) is -6.25. The molecule has 4 N–H and O–H groups in total. The van der Waals surface area contributed by atoms with Crippen LogP contribution in [0.3, 0.4) is 0 Å². The summed E-state index contributed by atoms with van der Waals surface area (Å²) in [5.41, 5.74) is -7.56. The van der Waals surface area contributed by atoms with Crippen molar-refractivity contribution in [2.24, 2.45) is 16.7 Å². The van der Waals surface area contributed by atoms with Gasteiger partial charge >= 0.3 is 24.1 Å². The minimum absolute atomic E-state index is 0.0333. The first kappa shape index (κ1) is 64.7. The summed E-state index contributed by atoms with van der Waals surface area (Å²) < 4.78 is 48.1. The van der Waals surface area contributed by atoms with Gasteiger partial charge in [0.1, 0.15) is 42.2 Å². The van der Waals surface area contributed by atoms with Crippen molar-refractivity contribution in [3.63, 3.8) is 0 Å². The number of rotatable bonds is 27. The van der Waals surface area contributed by atoms with Gasteiger partial charge < -0.3 is 58.5 Å². The first-order valence-electron chi connectivity index (χ1n) is 30.5. The molecular weight excluding hydrogens is 1090 g/mol. The molecule has 85 heavy (non-hydrogen) atoms. The summed E-state index contributed by atoms with van der Waals surface area (Å²) in [5, 5.41) is 41.6. The number of carbonyl (C=O) groups excluding carboxylic acids is 6. The number of aliphatic hydroxyl groups is 3. The zero-order chi connectivity index (χ0) is 60.9. The summed E-state index contributed by atoms with van der Waals surface area (Å²) >= 11 is 0. The molecule has 2 bridgehead atoms. The van der Waals surface area contributed by atoms with Crippen molar-refractivity contribution in [2.45, 2.75) is 211 Å². The average molecular weight is 1180 g/mol. The van der Waals surface area contributed by atoms with Crippen LogP contribution in [0.2, 0.25) is 0 Å². The number of benzene rings is 3. The van der Waals surface area contributed by atoms with Gasteiger partial charge in [-0.2, -0.15) is 0 Å². The molecule has 3 aliphatic carbocycles. The van der Waals surface area contributed by atoms with Gasteiger partial charge in [0.05, 0.1) is 36.4 Å². The Bertz CT molecular complexity index is 2820. The number of hydrogen-bond donors (Lipinski definition) is 4. The standard InChI is InChI=1S/C67H87NO17/c1-7-8-9-10-11-12-13-14-15-16-17-18-19-20-30-37-52-78-40-48(82-52)41-79-63(75)84-56(54(45-31-24-21-25-32-45)68-60(72)46-33-26-22-27-34-46)62(74)83-49-39-67(77)59(85-61(73)47-35-28-23-29-36-47)57-65(6,50(70)38-51-66(57,76)42-80-51)58(71)55(81-44(3)69)53(43(49)2)64(67,4)5/h14-15,21-29,31-36,48-52,54-57,59,70,76-77H,7-13,16-20,30,37-42H2,1-6H3,(H,68,72)/b15-14-/t48-,49-,50-,51+,52-,54-,55+,56+,57-,59-,65+,66-,67+/m0/s1. The van der Waals surface area contributed by atoms with Crippen LogP contribution in [-0.4, -0.2) is 131 Å². The van der Waals surface area contributed by atoms with Gasteiger partial charge in [-0.1, -0.05) is 151 Å². The van der Waals surface area contributed by atoms with Gasteiger partial charge in [0.15, 0.2) is 18.2 Å². The average Bonchev–Trinajstić information content (AvgIpc) is 0.862. The molecule has 8 rings (SSSR count). The quantitative estimate of drug-likeness (QED) is 0.0240. The van der Waals surface area contributed by atoms with Crippen molar-refractivity contribution >= 4 is 35.8 Å². The number of allylic oxidation sites excluding steroid dienone is 2. The van der Waals surface area contributed by atoms with E-state index in [9.17, 15) is 34.5 Å². The van der Waals surface area contributed by atoms with Gasteiger partial charge in [0.25, 0.3) is 5.91 Å². The SMILES string of the molecule is CCCCCCCC/C=C\CCCCCCC[C@H]1OC[C@@H](COC(=O)O[C@@H](C(=O)O[C@H]2C[C@@]3(O)[C@@H](OC(=O)c4ccccc4)[C@@H]4[C@]5(O)CO[C@@H]5C[C@H](O)[C@@]4(C)C(=O)[C@H](OC(C)=O)C(=C2C)C3(C)C)[C@@H](NC(=O)c2ccccc2)c2ccccc2)O1. The Balaban J connectivity index is 1.04. The van der Waals surface area contributed by atoms with Crippen LogP contribution in [0.15, 0.2) is 114 Å². The predicted octanol–water partition coefficient (Wildman–Crippen LogP) is 10.1. The van der Waals surface area contributed by atoms with E-state index in [4.69, 9.17) is 37.9 Å². The van der Waals surface area contributed by atoms with E-state index >= 15 is 9.59 Å². The number of hydrogen-bond acceptors (Lipinski definition) is 17. The number of amides is 1. The number of carbonyl (C=O) groups is 6. The Kier molecular flexibility index (Phi) is 22.0. The lowest BCUT2D eigenvalue weighted by Gasteiger charge is -2.66. The number of nitrogens with one attached hydrogen (secondary N) is 1. The van der Waals surface area contributed by atoms with E-state index in [1.165, 1.54) is 64.5 Å².